The maximum absolute atomic E-state index is 13.0. The molecule has 1 atom stereocenters. The van der Waals surface area contributed by atoms with Gasteiger partial charge in [0.2, 0.25) is 11.7 Å². The van der Waals surface area contributed by atoms with Crippen molar-refractivity contribution in [3.63, 3.8) is 0 Å². The number of benzene rings is 1. The lowest BCUT2D eigenvalue weighted by Crippen LogP contribution is -2.56. The monoisotopic (exact) mass is 397 g/mol. The third-order valence-electron chi connectivity index (χ3n) is 6.34. The van der Waals surface area contributed by atoms with Crippen LogP contribution in [0.2, 0.25) is 0 Å². The fraction of sp³-hybridized carbons (Fsp3) is 0.500. The molecule has 1 aromatic carbocycles. The first-order chi connectivity index (χ1) is 14.0. The number of hydrogen-bond acceptors (Lipinski definition) is 5. The molecular weight excluding hydrogens is 370 g/mol. The minimum Gasteiger partial charge on any atom is -0.438 e. The molecule has 7 heteroatoms. The summed E-state index contributed by atoms with van der Waals surface area (Å²) in [6.45, 7) is 4.21. The van der Waals surface area contributed by atoms with Gasteiger partial charge in [-0.1, -0.05) is 24.3 Å². The second-order valence-corrected chi connectivity index (χ2v) is 8.39. The Hall–Kier alpha value is -2.67. The van der Waals surface area contributed by atoms with Crippen molar-refractivity contribution in [2.24, 2.45) is 5.41 Å². The van der Waals surface area contributed by atoms with E-state index in [0.29, 0.717) is 39.0 Å². The smallest absolute Gasteiger partial charge is 0.291 e. The second kappa shape index (κ2) is 7.99. The van der Waals surface area contributed by atoms with Crippen LogP contribution in [-0.4, -0.2) is 64.0 Å². The van der Waals surface area contributed by atoms with Gasteiger partial charge in [-0.2, -0.15) is 0 Å². The molecule has 0 bridgehead atoms. The lowest BCUT2D eigenvalue weighted by atomic mass is 9.71. The number of rotatable bonds is 3. The van der Waals surface area contributed by atoms with Crippen molar-refractivity contribution < 1.29 is 19.1 Å². The topological polar surface area (TPSA) is 86.9 Å². The number of aliphatic hydroxyl groups excluding tert-OH is 1. The molecule has 1 spiro atoms. The maximum Gasteiger partial charge on any atom is 0.291 e. The van der Waals surface area contributed by atoms with Crippen LogP contribution >= 0.6 is 0 Å². The number of nitrogens with zero attached hydrogens (tertiary/aromatic N) is 3. The van der Waals surface area contributed by atoms with Crippen molar-refractivity contribution in [3.8, 4) is 0 Å². The van der Waals surface area contributed by atoms with Gasteiger partial charge in [0.15, 0.2) is 6.39 Å². The molecule has 1 aromatic heterocycles. The molecule has 2 fully saturated rings. The predicted octanol–water partition coefficient (Wildman–Crippen LogP) is 2.04. The summed E-state index contributed by atoms with van der Waals surface area (Å²) in [5.74, 6) is 0.151. The third-order valence-corrected chi connectivity index (χ3v) is 6.34. The van der Waals surface area contributed by atoms with Crippen molar-refractivity contribution in [2.75, 3.05) is 26.2 Å². The van der Waals surface area contributed by atoms with Gasteiger partial charge >= 0.3 is 0 Å². The summed E-state index contributed by atoms with van der Waals surface area (Å²) >= 11 is 0. The summed E-state index contributed by atoms with van der Waals surface area (Å²) in [4.78, 5) is 32.8. The third kappa shape index (κ3) is 4.19. The minimum absolute atomic E-state index is 0.0533. The minimum atomic E-state index is -0.527. The Morgan fingerprint density at radius 2 is 2.00 bits per heavy atom. The van der Waals surface area contributed by atoms with Gasteiger partial charge in [-0.15, -0.1) is 0 Å². The van der Waals surface area contributed by atoms with Gasteiger partial charge in [0.25, 0.3) is 5.91 Å². The largest absolute Gasteiger partial charge is 0.438 e. The van der Waals surface area contributed by atoms with E-state index in [4.69, 9.17) is 4.42 Å². The fourth-order valence-corrected chi connectivity index (χ4v) is 4.65. The standard InChI is InChI=1S/C22H27N3O4/c1-16-4-2-3-5-17(16)10-20(27)25-13-18(26)11-22(14-25)6-8-24(9-7-22)21(28)19-12-23-15-29-19/h2-5,12,15,18,26H,6-11,13-14H2,1H3. The van der Waals surface area contributed by atoms with E-state index in [2.05, 4.69) is 4.98 Å². The molecule has 4 rings (SSSR count). The number of amides is 2. The van der Waals surface area contributed by atoms with Crippen molar-refractivity contribution in [1.82, 2.24) is 14.8 Å². The number of aryl methyl sites for hydroxylation is 1. The summed E-state index contributed by atoms with van der Waals surface area (Å²) in [5.41, 5.74) is 1.99. The SMILES string of the molecule is Cc1ccccc1CC(=O)N1CC(O)CC2(CCN(C(=O)c3cnco3)CC2)C1. The molecular formula is C22H27N3O4. The second-order valence-electron chi connectivity index (χ2n) is 8.39. The van der Waals surface area contributed by atoms with Crippen LogP contribution in [0.15, 0.2) is 41.3 Å². The Morgan fingerprint density at radius 1 is 1.24 bits per heavy atom. The van der Waals surface area contributed by atoms with Gasteiger partial charge in [0.1, 0.15) is 0 Å². The van der Waals surface area contributed by atoms with E-state index in [1.165, 1.54) is 12.6 Å². The lowest BCUT2D eigenvalue weighted by Gasteiger charge is -2.49. The van der Waals surface area contributed by atoms with Crippen LogP contribution < -0.4 is 0 Å². The Kier molecular flexibility index (Phi) is 5.41. The number of carbonyl (C=O) groups excluding carboxylic acids is 2. The van der Waals surface area contributed by atoms with Crippen molar-refractivity contribution >= 4 is 11.8 Å². The first-order valence-corrected chi connectivity index (χ1v) is 10.1. The van der Waals surface area contributed by atoms with Gasteiger partial charge in [0.05, 0.1) is 18.7 Å². The first kappa shape index (κ1) is 19.6. The van der Waals surface area contributed by atoms with Gasteiger partial charge in [-0.05, 0) is 42.7 Å². The molecule has 2 amide bonds. The van der Waals surface area contributed by atoms with E-state index in [0.717, 1.165) is 24.0 Å². The summed E-state index contributed by atoms with van der Waals surface area (Å²) in [7, 11) is 0. The predicted molar refractivity (Wildman–Crippen MR) is 106 cm³/mol. The first-order valence-electron chi connectivity index (χ1n) is 10.1. The maximum atomic E-state index is 13.0. The quantitative estimate of drug-likeness (QED) is 0.857. The van der Waals surface area contributed by atoms with Crippen LogP contribution in [0.5, 0.6) is 0 Å². The molecule has 29 heavy (non-hydrogen) atoms. The van der Waals surface area contributed by atoms with Gasteiger partial charge in [-0.25, -0.2) is 4.98 Å². The molecule has 1 unspecified atom stereocenters. The van der Waals surface area contributed by atoms with Gasteiger partial charge in [-0.3, -0.25) is 9.59 Å². The molecule has 2 aromatic rings. The Balaban J connectivity index is 1.40. The van der Waals surface area contributed by atoms with E-state index in [9.17, 15) is 14.7 Å². The number of β-amino-alcohol motifs (C(OH)–C–C–N with tert-alkyl or cyclic N) is 1. The Morgan fingerprint density at radius 3 is 2.69 bits per heavy atom. The fourth-order valence-electron chi connectivity index (χ4n) is 4.65. The van der Waals surface area contributed by atoms with Crippen LogP contribution in [0, 0.1) is 12.3 Å². The number of likely N-dealkylation sites (tertiary alicyclic amines) is 2. The molecule has 0 saturated carbocycles. The van der Waals surface area contributed by atoms with Crippen LogP contribution in [0.4, 0.5) is 0 Å². The van der Waals surface area contributed by atoms with Gasteiger partial charge < -0.3 is 19.3 Å². The molecule has 0 radical (unpaired) electrons. The molecule has 2 aliphatic rings. The number of oxazole rings is 1. The number of aliphatic hydroxyl groups is 1. The van der Waals surface area contributed by atoms with E-state index < -0.39 is 6.10 Å². The number of aromatic nitrogens is 1. The average molecular weight is 397 g/mol. The van der Waals surface area contributed by atoms with E-state index in [-0.39, 0.29) is 23.0 Å². The van der Waals surface area contributed by atoms with Crippen LogP contribution in [0.25, 0.3) is 0 Å². The summed E-state index contributed by atoms with van der Waals surface area (Å²) in [6, 6.07) is 7.91. The van der Waals surface area contributed by atoms with Crippen LogP contribution in [0.1, 0.15) is 40.9 Å². The van der Waals surface area contributed by atoms with E-state index in [1.54, 1.807) is 4.90 Å². The Labute approximate surface area is 170 Å². The molecule has 3 heterocycles. The average Bonchev–Trinajstić information content (AvgIpc) is 3.24. The zero-order valence-corrected chi connectivity index (χ0v) is 16.7. The van der Waals surface area contributed by atoms with Crippen LogP contribution in [-0.2, 0) is 11.2 Å². The highest BCUT2D eigenvalue weighted by atomic mass is 16.3. The number of hydrogen-bond donors (Lipinski definition) is 1. The van der Waals surface area contributed by atoms with Crippen molar-refractivity contribution in [1.29, 1.82) is 0 Å². The molecule has 2 saturated heterocycles. The molecule has 7 nitrogen and oxygen atoms in total. The van der Waals surface area contributed by atoms with Crippen molar-refractivity contribution in [2.45, 2.75) is 38.7 Å². The van der Waals surface area contributed by atoms with E-state index in [1.807, 2.05) is 36.1 Å². The van der Waals surface area contributed by atoms with Crippen LogP contribution in [0.3, 0.4) is 0 Å². The molecule has 1 N–H and O–H groups in total. The highest BCUT2D eigenvalue weighted by Gasteiger charge is 2.43. The molecule has 0 aliphatic carbocycles. The summed E-state index contributed by atoms with van der Waals surface area (Å²) in [6.07, 6.45) is 4.71. The highest BCUT2D eigenvalue weighted by molar-refractivity contribution is 5.91. The highest BCUT2D eigenvalue weighted by Crippen LogP contribution is 2.40. The molecule has 154 valence electrons. The number of carbonyl (C=O) groups is 2. The normalized spacial score (nSPS) is 21.4. The zero-order chi connectivity index (χ0) is 20.4. The Bertz CT molecular complexity index is 872. The van der Waals surface area contributed by atoms with E-state index >= 15 is 0 Å². The van der Waals surface area contributed by atoms with Crippen molar-refractivity contribution in [3.05, 3.63) is 53.7 Å². The summed E-state index contributed by atoms with van der Waals surface area (Å²) < 4.78 is 5.12. The summed E-state index contributed by atoms with van der Waals surface area (Å²) in [5, 5.41) is 10.5. The zero-order valence-electron chi connectivity index (χ0n) is 16.7. The number of piperidine rings is 2. The lowest BCUT2D eigenvalue weighted by molar-refractivity contribution is -0.139. The molecule has 2 aliphatic heterocycles. The van der Waals surface area contributed by atoms with Gasteiger partial charge in [0, 0.05) is 26.2 Å².